The minimum atomic E-state index is -5.42. The van der Waals surface area contributed by atoms with Gasteiger partial charge in [-0.05, 0) is 18.1 Å². The van der Waals surface area contributed by atoms with E-state index in [-0.39, 0.29) is 18.7 Å². The minimum absolute atomic E-state index is 0.176. The third-order valence-electron chi connectivity index (χ3n) is 3.55. The number of para-hydroxylation sites is 1. The van der Waals surface area contributed by atoms with Gasteiger partial charge >= 0.3 is 15.5 Å². The number of benzene rings is 1. The first-order chi connectivity index (χ1) is 9.73. The molecule has 1 aliphatic heterocycles. The highest BCUT2D eigenvalue weighted by atomic mass is 32.2. The Morgan fingerprint density at radius 1 is 1.24 bits per heavy atom. The Morgan fingerprint density at radius 2 is 1.90 bits per heavy atom. The molecule has 0 unspecified atom stereocenters. The van der Waals surface area contributed by atoms with Crippen LogP contribution in [0.4, 0.5) is 13.2 Å². The smallest absolute Gasteiger partial charge is 0.353 e. The van der Waals surface area contributed by atoms with Crippen LogP contribution in [0.3, 0.4) is 0 Å². The number of rotatable bonds is 1. The van der Waals surface area contributed by atoms with Gasteiger partial charge in [-0.1, -0.05) is 24.8 Å². The predicted molar refractivity (Wildman–Crippen MR) is 72.7 cm³/mol. The van der Waals surface area contributed by atoms with Crippen LogP contribution < -0.4 is 0 Å². The van der Waals surface area contributed by atoms with Crippen molar-refractivity contribution in [2.75, 3.05) is 6.54 Å². The molecule has 0 saturated heterocycles. The maximum atomic E-state index is 12.7. The number of aromatic nitrogens is 1. The molecular formula is C13H11F3N2O2S. The Balaban J connectivity index is 2.12. The summed E-state index contributed by atoms with van der Waals surface area (Å²) >= 11 is 0. The summed E-state index contributed by atoms with van der Waals surface area (Å²) < 4.78 is 61.5. The molecule has 3 rings (SSSR count). The minimum Gasteiger partial charge on any atom is -0.353 e. The first-order valence-corrected chi connectivity index (χ1v) is 7.55. The molecule has 112 valence electrons. The molecule has 1 aliphatic rings. The van der Waals surface area contributed by atoms with E-state index in [0.717, 1.165) is 16.5 Å². The number of hydrogen-bond acceptors (Lipinski definition) is 2. The normalized spacial score (nSPS) is 16.3. The van der Waals surface area contributed by atoms with Gasteiger partial charge in [-0.2, -0.15) is 21.6 Å². The number of nitrogens with one attached hydrogen (secondary N) is 1. The summed E-state index contributed by atoms with van der Waals surface area (Å²) in [5, 5.41) is 0.873. The van der Waals surface area contributed by atoms with Gasteiger partial charge in [0.15, 0.2) is 0 Å². The van der Waals surface area contributed by atoms with Gasteiger partial charge in [0.1, 0.15) is 0 Å². The molecule has 0 saturated carbocycles. The second kappa shape index (κ2) is 4.27. The van der Waals surface area contributed by atoms with Crippen molar-refractivity contribution in [3.05, 3.63) is 42.1 Å². The summed E-state index contributed by atoms with van der Waals surface area (Å²) in [5.41, 5.74) is -3.63. The third kappa shape index (κ3) is 1.93. The molecule has 0 aliphatic carbocycles. The van der Waals surface area contributed by atoms with E-state index in [1.54, 1.807) is 12.1 Å². The van der Waals surface area contributed by atoms with E-state index in [0.29, 0.717) is 10.00 Å². The van der Waals surface area contributed by atoms with Crippen molar-refractivity contribution in [3.8, 4) is 0 Å². The fraction of sp³-hybridized carbons (Fsp3) is 0.231. The van der Waals surface area contributed by atoms with Gasteiger partial charge in [0.2, 0.25) is 0 Å². The van der Waals surface area contributed by atoms with Crippen LogP contribution in [-0.2, 0) is 16.4 Å². The molecular weight excluding hydrogens is 305 g/mol. The zero-order valence-electron chi connectivity index (χ0n) is 10.7. The maximum Gasteiger partial charge on any atom is 0.516 e. The Labute approximate surface area is 118 Å². The number of aromatic amines is 1. The van der Waals surface area contributed by atoms with E-state index >= 15 is 0 Å². The molecule has 2 heterocycles. The Morgan fingerprint density at radius 3 is 2.57 bits per heavy atom. The number of fused-ring (bicyclic) bond motifs is 3. The number of halogens is 3. The van der Waals surface area contributed by atoms with Crippen molar-refractivity contribution in [1.82, 2.24) is 9.29 Å². The van der Waals surface area contributed by atoms with Gasteiger partial charge in [0.05, 0.1) is 11.4 Å². The Kier molecular flexibility index (Phi) is 2.84. The molecule has 0 spiro atoms. The van der Waals surface area contributed by atoms with Crippen molar-refractivity contribution in [1.29, 1.82) is 0 Å². The van der Waals surface area contributed by atoms with Crippen molar-refractivity contribution in [3.63, 3.8) is 0 Å². The highest BCUT2D eigenvalue weighted by Gasteiger charge is 2.51. The molecule has 0 atom stereocenters. The molecule has 0 bridgehead atoms. The van der Waals surface area contributed by atoms with Gasteiger partial charge in [-0.15, -0.1) is 0 Å². The second-order valence-electron chi connectivity index (χ2n) is 4.74. The number of nitrogens with zero attached hydrogens (tertiary/aromatic N) is 1. The summed E-state index contributed by atoms with van der Waals surface area (Å²) in [4.78, 5) is 2.95. The molecule has 1 aromatic heterocycles. The summed E-state index contributed by atoms with van der Waals surface area (Å²) in [6.07, 6.45) is 0.202. The Hall–Kier alpha value is -1.96. The lowest BCUT2D eigenvalue weighted by Gasteiger charge is -2.30. The van der Waals surface area contributed by atoms with Crippen LogP contribution in [-0.4, -0.2) is 29.8 Å². The SMILES string of the molecule is C=C1c2[nH]c3ccccc3c2CCN1S(=O)(=O)C(F)(F)F. The zero-order valence-corrected chi connectivity index (χ0v) is 11.6. The fourth-order valence-corrected chi connectivity index (χ4v) is 3.53. The summed E-state index contributed by atoms with van der Waals surface area (Å²) in [7, 11) is -5.42. The first-order valence-electron chi connectivity index (χ1n) is 6.11. The molecule has 0 radical (unpaired) electrons. The predicted octanol–water partition coefficient (Wildman–Crippen LogP) is 2.85. The van der Waals surface area contributed by atoms with E-state index in [2.05, 4.69) is 11.6 Å². The molecule has 1 N–H and O–H groups in total. The van der Waals surface area contributed by atoms with Crippen LogP contribution >= 0.6 is 0 Å². The van der Waals surface area contributed by atoms with Gasteiger partial charge in [-0.25, -0.2) is 0 Å². The first kappa shape index (κ1) is 14.0. The molecule has 2 aromatic rings. The molecule has 0 fully saturated rings. The van der Waals surface area contributed by atoms with Crippen LogP contribution in [0.1, 0.15) is 11.3 Å². The van der Waals surface area contributed by atoms with E-state index < -0.39 is 15.5 Å². The monoisotopic (exact) mass is 316 g/mol. The average molecular weight is 316 g/mol. The maximum absolute atomic E-state index is 12.7. The number of alkyl halides is 3. The molecule has 8 heteroatoms. The zero-order chi connectivity index (χ0) is 15.4. The van der Waals surface area contributed by atoms with Crippen LogP contribution in [0.25, 0.3) is 16.6 Å². The lowest BCUT2D eigenvalue weighted by atomic mass is 10.0. The average Bonchev–Trinajstić information content (AvgIpc) is 2.77. The highest BCUT2D eigenvalue weighted by molar-refractivity contribution is 7.90. The van der Waals surface area contributed by atoms with Crippen molar-refractivity contribution < 1.29 is 21.6 Å². The number of sulfonamides is 1. The van der Waals surface area contributed by atoms with E-state index in [1.165, 1.54) is 0 Å². The van der Waals surface area contributed by atoms with Crippen LogP contribution in [0, 0.1) is 0 Å². The van der Waals surface area contributed by atoms with E-state index in [1.807, 2.05) is 12.1 Å². The molecule has 0 amide bonds. The summed E-state index contributed by atoms with van der Waals surface area (Å²) in [6.45, 7) is 3.26. The topological polar surface area (TPSA) is 53.2 Å². The highest BCUT2D eigenvalue weighted by Crippen LogP contribution is 2.38. The van der Waals surface area contributed by atoms with E-state index in [9.17, 15) is 21.6 Å². The van der Waals surface area contributed by atoms with Gasteiger partial charge in [-0.3, -0.25) is 4.31 Å². The van der Waals surface area contributed by atoms with Crippen LogP contribution in [0.2, 0.25) is 0 Å². The van der Waals surface area contributed by atoms with Gasteiger partial charge in [0, 0.05) is 17.4 Å². The summed E-state index contributed by atoms with van der Waals surface area (Å²) in [5.74, 6) is 0. The number of hydrogen-bond donors (Lipinski definition) is 1. The lowest BCUT2D eigenvalue weighted by molar-refractivity contribution is -0.0475. The molecule has 21 heavy (non-hydrogen) atoms. The second-order valence-corrected chi connectivity index (χ2v) is 6.60. The van der Waals surface area contributed by atoms with Crippen LogP contribution in [0.5, 0.6) is 0 Å². The van der Waals surface area contributed by atoms with Crippen molar-refractivity contribution >= 4 is 26.6 Å². The van der Waals surface area contributed by atoms with Crippen molar-refractivity contribution in [2.45, 2.75) is 11.9 Å². The standard InChI is InChI=1S/C13H11F3N2O2S/c1-8-12-10(9-4-2-3-5-11(9)17-12)6-7-18(8)21(19,20)13(14,15)16/h2-5,17H,1,6-7H2. The van der Waals surface area contributed by atoms with E-state index in [4.69, 9.17) is 0 Å². The Bertz CT molecular complexity index is 837. The van der Waals surface area contributed by atoms with Gasteiger partial charge in [0.25, 0.3) is 0 Å². The number of H-pyrrole nitrogens is 1. The summed E-state index contributed by atoms with van der Waals surface area (Å²) in [6, 6.07) is 7.23. The fourth-order valence-electron chi connectivity index (χ4n) is 2.57. The molecule has 4 nitrogen and oxygen atoms in total. The third-order valence-corrected chi connectivity index (χ3v) is 5.12. The molecule has 1 aromatic carbocycles. The quantitative estimate of drug-likeness (QED) is 0.879. The van der Waals surface area contributed by atoms with Crippen LogP contribution in [0.15, 0.2) is 30.8 Å². The largest absolute Gasteiger partial charge is 0.516 e. The van der Waals surface area contributed by atoms with Gasteiger partial charge < -0.3 is 4.98 Å². The lowest BCUT2D eigenvalue weighted by Crippen LogP contribution is -2.42. The van der Waals surface area contributed by atoms with Crippen molar-refractivity contribution in [2.24, 2.45) is 0 Å².